The summed E-state index contributed by atoms with van der Waals surface area (Å²) in [6.07, 6.45) is 2.62. The molecule has 2 N–H and O–H groups in total. The maximum absolute atomic E-state index is 4.33. The van der Waals surface area contributed by atoms with E-state index in [0.29, 0.717) is 12.0 Å². The van der Waals surface area contributed by atoms with E-state index in [0.717, 1.165) is 19.0 Å². The van der Waals surface area contributed by atoms with E-state index in [9.17, 15) is 0 Å². The number of hydrogen-bond acceptors (Lipinski definition) is 2. The van der Waals surface area contributed by atoms with Crippen LogP contribution in [0.5, 0.6) is 0 Å². The maximum Gasteiger partial charge on any atom is 0.191 e. The van der Waals surface area contributed by atoms with Crippen molar-refractivity contribution >= 4 is 29.9 Å². The number of hydrogen-bond donors (Lipinski definition) is 2. The van der Waals surface area contributed by atoms with Crippen LogP contribution in [-0.2, 0) is 0 Å². The summed E-state index contributed by atoms with van der Waals surface area (Å²) in [6.45, 7) is 8.63. The monoisotopic (exact) mass is 430 g/mol. The van der Waals surface area contributed by atoms with Crippen LogP contribution < -0.4 is 10.6 Å². The first kappa shape index (κ1) is 20.2. The molecule has 130 valence electrons. The van der Waals surface area contributed by atoms with E-state index < -0.39 is 0 Å². The van der Waals surface area contributed by atoms with Crippen molar-refractivity contribution in [1.29, 1.82) is 0 Å². The van der Waals surface area contributed by atoms with Crippen LogP contribution in [0.1, 0.15) is 38.3 Å². The molecule has 0 aromatic heterocycles. The van der Waals surface area contributed by atoms with Crippen LogP contribution in [0, 0.1) is 5.92 Å². The highest BCUT2D eigenvalue weighted by Gasteiger charge is 2.23. The Morgan fingerprint density at radius 3 is 2.26 bits per heavy atom. The fourth-order valence-electron chi connectivity index (χ4n) is 2.90. The minimum Gasteiger partial charge on any atom is -0.356 e. The van der Waals surface area contributed by atoms with Gasteiger partial charge >= 0.3 is 0 Å². The number of rotatable bonds is 6. The van der Waals surface area contributed by atoms with Crippen LogP contribution in [0.25, 0.3) is 0 Å². The van der Waals surface area contributed by atoms with E-state index in [2.05, 4.69) is 64.7 Å². The van der Waals surface area contributed by atoms with E-state index >= 15 is 0 Å². The molecule has 5 heteroatoms. The topological polar surface area (TPSA) is 39.7 Å². The molecule has 1 atom stereocenters. The Morgan fingerprint density at radius 2 is 1.70 bits per heavy atom. The van der Waals surface area contributed by atoms with Gasteiger partial charge in [0, 0.05) is 20.1 Å². The van der Waals surface area contributed by atoms with Gasteiger partial charge < -0.3 is 10.6 Å². The zero-order valence-corrected chi connectivity index (χ0v) is 16.9. The third-order valence-corrected chi connectivity index (χ3v) is 4.13. The van der Waals surface area contributed by atoms with Crippen molar-refractivity contribution in [2.75, 3.05) is 33.2 Å². The molecule has 0 spiro atoms. The lowest BCUT2D eigenvalue weighted by molar-refractivity contribution is 0.245. The summed E-state index contributed by atoms with van der Waals surface area (Å²) >= 11 is 0. The molecule has 23 heavy (non-hydrogen) atoms. The van der Waals surface area contributed by atoms with Crippen molar-refractivity contribution in [3.05, 3.63) is 35.9 Å². The fourth-order valence-corrected chi connectivity index (χ4v) is 2.90. The molecule has 2 rings (SSSR count). The van der Waals surface area contributed by atoms with Gasteiger partial charge in [0.05, 0.1) is 6.04 Å². The van der Waals surface area contributed by atoms with Gasteiger partial charge in [-0.1, -0.05) is 44.2 Å². The van der Waals surface area contributed by atoms with Crippen molar-refractivity contribution in [3.8, 4) is 0 Å². The third-order valence-electron chi connectivity index (χ3n) is 4.13. The van der Waals surface area contributed by atoms with Gasteiger partial charge in [-0.15, -0.1) is 24.0 Å². The second kappa shape index (κ2) is 10.9. The smallest absolute Gasteiger partial charge is 0.191 e. The zero-order chi connectivity index (χ0) is 15.8. The van der Waals surface area contributed by atoms with Gasteiger partial charge in [0.15, 0.2) is 5.96 Å². The van der Waals surface area contributed by atoms with E-state index in [-0.39, 0.29) is 24.0 Å². The van der Waals surface area contributed by atoms with Crippen molar-refractivity contribution in [2.24, 2.45) is 10.9 Å². The molecule has 0 saturated carbocycles. The van der Waals surface area contributed by atoms with Crippen molar-refractivity contribution in [1.82, 2.24) is 15.5 Å². The molecular weight excluding hydrogens is 399 g/mol. The average molecular weight is 430 g/mol. The second-order valence-corrected chi connectivity index (χ2v) is 6.40. The summed E-state index contributed by atoms with van der Waals surface area (Å²) in [4.78, 5) is 6.91. The number of benzene rings is 1. The highest BCUT2D eigenvalue weighted by molar-refractivity contribution is 14.0. The fraction of sp³-hybridized carbons (Fsp3) is 0.611. The predicted molar refractivity (Wildman–Crippen MR) is 110 cm³/mol. The van der Waals surface area contributed by atoms with Gasteiger partial charge in [-0.2, -0.15) is 0 Å². The van der Waals surface area contributed by atoms with Crippen molar-refractivity contribution in [3.63, 3.8) is 0 Å². The van der Waals surface area contributed by atoms with Gasteiger partial charge in [-0.05, 0) is 37.4 Å². The van der Waals surface area contributed by atoms with Gasteiger partial charge in [0.2, 0.25) is 0 Å². The molecule has 1 aromatic carbocycles. The molecule has 0 amide bonds. The summed E-state index contributed by atoms with van der Waals surface area (Å²) in [5.41, 5.74) is 1.39. The average Bonchev–Trinajstić information content (AvgIpc) is 3.05. The van der Waals surface area contributed by atoms with Crippen LogP contribution in [-0.4, -0.2) is 44.1 Å². The molecule has 1 aliphatic heterocycles. The molecule has 0 aliphatic carbocycles. The maximum atomic E-state index is 4.33. The first-order valence-corrected chi connectivity index (χ1v) is 8.44. The Bertz CT molecular complexity index is 455. The molecule has 0 radical (unpaired) electrons. The standard InChI is InChI=1S/C18H30N4.HI/c1-15(2)13-20-18(19-3)21-14-17(22-11-7-8-12-22)16-9-5-4-6-10-16;/h4-6,9-10,15,17H,7-8,11-14H2,1-3H3,(H2,19,20,21);1H. The molecule has 1 aromatic rings. The molecule has 4 nitrogen and oxygen atoms in total. The summed E-state index contributed by atoms with van der Waals surface area (Å²) in [6, 6.07) is 11.2. The number of halogens is 1. The number of nitrogens with zero attached hydrogens (tertiary/aromatic N) is 2. The second-order valence-electron chi connectivity index (χ2n) is 6.40. The van der Waals surface area contributed by atoms with Gasteiger partial charge in [-0.25, -0.2) is 0 Å². The number of nitrogens with one attached hydrogen (secondary N) is 2. The Labute approximate surface area is 158 Å². The third kappa shape index (κ3) is 6.67. The van der Waals surface area contributed by atoms with Crippen LogP contribution in [0.15, 0.2) is 35.3 Å². The van der Waals surface area contributed by atoms with Crippen LogP contribution in [0.2, 0.25) is 0 Å². The predicted octanol–water partition coefficient (Wildman–Crippen LogP) is 3.26. The summed E-state index contributed by atoms with van der Waals surface area (Å²) in [7, 11) is 1.84. The Hall–Kier alpha value is -0.820. The molecule has 1 saturated heterocycles. The molecule has 0 bridgehead atoms. The Kier molecular flexibility index (Phi) is 9.55. The summed E-state index contributed by atoms with van der Waals surface area (Å²) in [5, 5.41) is 6.88. The normalized spacial score (nSPS) is 17.0. The first-order valence-electron chi connectivity index (χ1n) is 8.44. The van der Waals surface area contributed by atoms with Crippen LogP contribution >= 0.6 is 24.0 Å². The Balaban J connectivity index is 0.00000264. The highest BCUT2D eigenvalue weighted by Crippen LogP contribution is 2.24. The minimum absolute atomic E-state index is 0. The lowest BCUT2D eigenvalue weighted by Crippen LogP contribution is -2.43. The highest BCUT2D eigenvalue weighted by atomic mass is 127. The number of aliphatic imine (C=N–C) groups is 1. The lowest BCUT2D eigenvalue weighted by Gasteiger charge is -2.29. The van der Waals surface area contributed by atoms with E-state index in [1.807, 2.05) is 7.05 Å². The Morgan fingerprint density at radius 1 is 1.09 bits per heavy atom. The zero-order valence-electron chi connectivity index (χ0n) is 14.6. The molecular formula is C18H31IN4. The van der Waals surface area contributed by atoms with Gasteiger partial charge in [-0.3, -0.25) is 9.89 Å². The molecule has 1 heterocycles. The number of likely N-dealkylation sites (tertiary alicyclic amines) is 1. The van der Waals surface area contributed by atoms with E-state index in [1.165, 1.54) is 31.5 Å². The van der Waals surface area contributed by atoms with Crippen LogP contribution in [0.4, 0.5) is 0 Å². The van der Waals surface area contributed by atoms with Gasteiger partial charge in [0.25, 0.3) is 0 Å². The van der Waals surface area contributed by atoms with Crippen molar-refractivity contribution in [2.45, 2.75) is 32.7 Å². The van der Waals surface area contributed by atoms with Crippen LogP contribution in [0.3, 0.4) is 0 Å². The summed E-state index contributed by atoms with van der Waals surface area (Å²) in [5.74, 6) is 1.51. The lowest BCUT2D eigenvalue weighted by atomic mass is 10.1. The molecule has 1 aliphatic rings. The number of guanidine groups is 1. The minimum atomic E-state index is 0. The molecule has 1 unspecified atom stereocenters. The quantitative estimate of drug-likeness (QED) is 0.414. The largest absolute Gasteiger partial charge is 0.356 e. The van der Waals surface area contributed by atoms with Crippen molar-refractivity contribution < 1.29 is 0 Å². The first-order chi connectivity index (χ1) is 10.7. The summed E-state index contributed by atoms with van der Waals surface area (Å²) < 4.78 is 0. The molecule has 1 fully saturated rings. The van der Waals surface area contributed by atoms with E-state index in [1.54, 1.807) is 0 Å². The van der Waals surface area contributed by atoms with Gasteiger partial charge in [0.1, 0.15) is 0 Å². The van der Waals surface area contributed by atoms with E-state index in [4.69, 9.17) is 0 Å². The SMILES string of the molecule is CN=C(NCC(C)C)NCC(c1ccccc1)N1CCCC1.I.